The molecule has 1 aromatic heterocycles. The molecule has 0 radical (unpaired) electrons. The van der Waals surface area contributed by atoms with Crippen molar-refractivity contribution in [3.63, 3.8) is 0 Å². The molecule has 130 valence electrons. The van der Waals surface area contributed by atoms with Crippen molar-refractivity contribution in [3.8, 4) is 0 Å². The molecule has 2 rings (SSSR count). The van der Waals surface area contributed by atoms with Crippen molar-refractivity contribution in [3.05, 3.63) is 16.1 Å². The lowest BCUT2D eigenvalue weighted by molar-refractivity contribution is -0.134. The third-order valence-electron chi connectivity index (χ3n) is 4.79. The number of ether oxygens (including phenoxy) is 1. The van der Waals surface area contributed by atoms with Crippen LogP contribution in [0.1, 0.15) is 70.2 Å². The predicted octanol–water partition coefficient (Wildman–Crippen LogP) is 4.21. The van der Waals surface area contributed by atoms with Gasteiger partial charge >= 0.3 is 0 Å². The molecule has 0 unspecified atom stereocenters. The maximum atomic E-state index is 12.8. The van der Waals surface area contributed by atoms with E-state index >= 15 is 0 Å². The smallest absolute Gasteiger partial charge is 0.228 e. The molecule has 1 aliphatic carbocycles. The van der Waals surface area contributed by atoms with Crippen molar-refractivity contribution in [1.82, 2.24) is 9.88 Å². The molecule has 5 heteroatoms. The second-order valence-corrected chi connectivity index (χ2v) is 7.35. The van der Waals surface area contributed by atoms with Crippen LogP contribution in [0.15, 0.2) is 5.38 Å². The second-order valence-electron chi connectivity index (χ2n) is 6.46. The van der Waals surface area contributed by atoms with E-state index in [-0.39, 0.29) is 12.0 Å². The highest BCUT2D eigenvalue weighted by atomic mass is 32.1. The normalized spacial score (nSPS) is 22.8. The number of likely N-dealkylation sites (N-methyl/N-ethyl adjacent to an activating group) is 1. The number of carbonyl (C=O) groups is 1. The van der Waals surface area contributed by atoms with Crippen LogP contribution in [-0.4, -0.2) is 35.0 Å². The van der Waals surface area contributed by atoms with Crippen LogP contribution in [-0.2, 0) is 16.0 Å². The molecule has 0 saturated heterocycles. The predicted molar refractivity (Wildman–Crippen MR) is 94.7 cm³/mol. The lowest BCUT2D eigenvalue weighted by Crippen LogP contribution is -2.45. The Labute approximate surface area is 144 Å². The Balaban J connectivity index is 1.99. The van der Waals surface area contributed by atoms with Gasteiger partial charge in [0.25, 0.3) is 0 Å². The molecule has 0 N–H and O–H groups in total. The Morgan fingerprint density at radius 3 is 2.83 bits per heavy atom. The Kier molecular flexibility index (Phi) is 7.03. The Hall–Kier alpha value is -0.940. The summed E-state index contributed by atoms with van der Waals surface area (Å²) in [5.74, 6) is 0.823. The highest BCUT2D eigenvalue weighted by molar-refractivity contribution is 7.09. The van der Waals surface area contributed by atoms with Gasteiger partial charge in [-0.1, -0.05) is 19.8 Å². The molecule has 0 spiro atoms. The lowest BCUT2D eigenvalue weighted by Gasteiger charge is -2.38. The minimum Gasteiger partial charge on any atom is -0.372 e. The van der Waals surface area contributed by atoms with E-state index < -0.39 is 0 Å². The Bertz CT molecular complexity index is 503. The van der Waals surface area contributed by atoms with Gasteiger partial charge in [-0.25, -0.2) is 4.98 Å². The zero-order valence-electron chi connectivity index (χ0n) is 14.9. The number of amides is 1. The first kappa shape index (κ1) is 18.4. The van der Waals surface area contributed by atoms with Gasteiger partial charge in [-0.2, -0.15) is 0 Å². The number of rotatable bonds is 7. The van der Waals surface area contributed by atoms with Crippen LogP contribution < -0.4 is 0 Å². The van der Waals surface area contributed by atoms with E-state index in [0.717, 1.165) is 23.7 Å². The van der Waals surface area contributed by atoms with E-state index in [1.807, 2.05) is 19.2 Å². The average molecular weight is 339 g/mol. The fourth-order valence-electron chi connectivity index (χ4n) is 3.52. The molecular weight excluding hydrogens is 308 g/mol. The highest BCUT2D eigenvalue weighted by Crippen LogP contribution is 2.29. The quantitative estimate of drug-likeness (QED) is 0.748. The van der Waals surface area contributed by atoms with Crippen molar-refractivity contribution in [2.24, 2.45) is 5.92 Å². The molecule has 23 heavy (non-hydrogen) atoms. The Morgan fingerprint density at radius 1 is 1.43 bits per heavy atom. The molecule has 1 aromatic rings. The van der Waals surface area contributed by atoms with Gasteiger partial charge in [0, 0.05) is 24.6 Å². The third kappa shape index (κ3) is 4.77. The largest absolute Gasteiger partial charge is 0.372 e. The van der Waals surface area contributed by atoms with E-state index in [1.54, 1.807) is 11.3 Å². The molecule has 1 saturated carbocycles. The minimum atomic E-state index is 0.00879. The third-order valence-corrected chi connectivity index (χ3v) is 5.85. The Morgan fingerprint density at radius 2 is 2.17 bits per heavy atom. The fourth-order valence-corrected chi connectivity index (χ4v) is 4.35. The van der Waals surface area contributed by atoms with Gasteiger partial charge in [0.2, 0.25) is 5.91 Å². The van der Waals surface area contributed by atoms with E-state index in [4.69, 9.17) is 4.74 Å². The van der Waals surface area contributed by atoms with Crippen molar-refractivity contribution >= 4 is 17.2 Å². The van der Waals surface area contributed by atoms with Gasteiger partial charge in [0.1, 0.15) is 11.1 Å². The van der Waals surface area contributed by atoms with Gasteiger partial charge < -0.3 is 9.64 Å². The standard InChI is InChI=1S/C18H30N2O2S/c1-5-20(16-10-8-7-9-13(16)3)17(21)11-15-12-23-18(19-15)14(4)22-6-2/h12-14,16H,5-11H2,1-4H3/t13-,14+,16-/m0/s1. The molecule has 1 aliphatic rings. The van der Waals surface area contributed by atoms with Gasteiger partial charge in [-0.05, 0) is 39.5 Å². The summed E-state index contributed by atoms with van der Waals surface area (Å²) < 4.78 is 5.58. The first-order valence-corrected chi connectivity index (χ1v) is 9.80. The summed E-state index contributed by atoms with van der Waals surface area (Å²) in [5.41, 5.74) is 0.878. The summed E-state index contributed by atoms with van der Waals surface area (Å²) in [5, 5.41) is 2.96. The number of nitrogens with zero attached hydrogens (tertiary/aromatic N) is 2. The van der Waals surface area contributed by atoms with Crippen LogP contribution in [0.4, 0.5) is 0 Å². The van der Waals surface area contributed by atoms with Crippen LogP contribution in [0.5, 0.6) is 0 Å². The number of aromatic nitrogens is 1. The average Bonchev–Trinajstić information content (AvgIpc) is 2.99. The van der Waals surface area contributed by atoms with E-state index in [2.05, 4.69) is 23.7 Å². The second kappa shape index (κ2) is 8.78. The highest BCUT2D eigenvalue weighted by Gasteiger charge is 2.29. The lowest BCUT2D eigenvalue weighted by atomic mass is 9.84. The maximum absolute atomic E-state index is 12.8. The van der Waals surface area contributed by atoms with Crippen LogP contribution in [0.3, 0.4) is 0 Å². The fraction of sp³-hybridized carbons (Fsp3) is 0.778. The van der Waals surface area contributed by atoms with E-state index in [0.29, 0.717) is 25.0 Å². The molecule has 3 atom stereocenters. The van der Waals surface area contributed by atoms with Crippen LogP contribution >= 0.6 is 11.3 Å². The van der Waals surface area contributed by atoms with Crippen LogP contribution in [0, 0.1) is 5.92 Å². The summed E-state index contributed by atoms with van der Waals surface area (Å²) in [6.07, 6.45) is 5.34. The first-order chi connectivity index (χ1) is 11.1. The van der Waals surface area contributed by atoms with Gasteiger partial charge in [-0.3, -0.25) is 4.79 Å². The molecule has 1 fully saturated rings. The van der Waals surface area contributed by atoms with Crippen molar-refractivity contribution in [2.75, 3.05) is 13.2 Å². The first-order valence-electron chi connectivity index (χ1n) is 8.92. The summed E-state index contributed by atoms with van der Waals surface area (Å²) >= 11 is 1.59. The van der Waals surface area contributed by atoms with Crippen LogP contribution in [0.2, 0.25) is 0 Å². The number of hydrogen-bond acceptors (Lipinski definition) is 4. The molecule has 4 nitrogen and oxygen atoms in total. The summed E-state index contributed by atoms with van der Waals surface area (Å²) in [6.45, 7) is 9.83. The van der Waals surface area contributed by atoms with Crippen molar-refractivity contribution in [1.29, 1.82) is 0 Å². The summed E-state index contributed by atoms with van der Waals surface area (Å²) in [6, 6.07) is 0.404. The zero-order valence-corrected chi connectivity index (χ0v) is 15.7. The minimum absolute atomic E-state index is 0.00879. The monoisotopic (exact) mass is 338 g/mol. The summed E-state index contributed by atoms with van der Waals surface area (Å²) in [4.78, 5) is 19.4. The summed E-state index contributed by atoms with van der Waals surface area (Å²) in [7, 11) is 0. The SMILES string of the molecule is CCO[C@H](C)c1nc(CC(=O)N(CC)[C@H]2CCCC[C@@H]2C)cs1. The maximum Gasteiger partial charge on any atom is 0.228 e. The molecule has 0 bridgehead atoms. The number of hydrogen-bond donors (Lipinski definition) is 0. The molecular formula is C18H30N2O2S. The topological polar surface area (TPSA) is 42.4 Å². The number of carbonyl (C=O) groups excluding carboxylic acids is 1. The van der Waals surface area contributed by atoms with Crippen molar-refractivity contribution < 1.29 is 9.53 Å². The van der Waals surface area contributed by atoms with Crippen molar-refractivity contribution in [2.45, 2.75) is 71.9 Å². The number of thiazole rings is 1. The van der Waals surface area contributed by atoms with Gasteiger partial charge in [0.15, 0.2) is 0 Å². The van der Waals surface area contributed by atoms with Gasteiger partial charge in [0.05, 0.1) is 12.1 Å². The van der Waals surface area contributed by atoms with E-state index in [1.165, 1.54) is 19.3 Å². The molecule has 1 amide bonds. The zero-order chi connectivity index (χ0) is 16.8. The van der Waals surface area contributed by atoms with Crippen LogP contribution in [0.25, 0.3) is 0 Å². The molecule has 0 aliphatic heterocycles. The van der Waals surface area contributed by atoms with Gasteiger partial charge in [-0.15, -0.1) is 11.3 Å². The molecule has 1 heterocycles. The molecule has 0 aromatic carbocycles. The van der Waals surface area contributed by atoms with E-state index in [9.17, 15) is 4.79 Å².